The maximum absolute atomic E-state index is 12.9. The number of hydrogen-bond donors (Lipinski definition) is 1. The van der Waals surface area contributed by atoms with Crippen LogP contribution < -0.4 is 10.1 Å². The van der Waals surface area contributed by atoms with E-state index in [1.54, 1.807) is 31.4 Å². The van der Waals surface area contributed by atoms with Gasteiger partial charge in [0.25, 0.3) is 0 Å². The van der Waals surface area contributed by atoms with Crippen molar-refractivity contribution in [2.45, 2.75) is 37.5 Å². The fourth-order valence-electron chi connectivity index (χ4n) is 3.37. The number of hydrogen-bond acceptors (Lipinski definition) is 4. The number of benzene rings is 2. The molecule has 0 radical (unpaired) electrons. The van der Waals surface area contributed by atoms with Crippen molar-refractivity contribution in [3.05, 3.63) is 53.6 Å². The number of nitrogens with zero attached hydrogens (tertiary/aromatic N) is 1. The number of carbonyl (C=O) groups is 1. The second-order valence-corrected chi connectivity index (χ2v) is 8.92. The number of methoxy groups -OCH3 is 1. The summed E-state index contributed by atoms with van der Waals surface area (Å²) < 4.78 is 32.6. The zero-order valence-corrected chi connectivity index (χ0v) is 17.1. The van der Waals surface area contributed by atoms with Gasteiger partial charge in [-0.1, -0.05) is 30.7 Å². The SMILES string of the molecule is COc1ccccc1CC(=O)Nc1cc(S(=O)(=O)N2CCCCC2)ccc1C. The van der Waals surface area contributed by atoms with Crippen LogP contribution in [0.4, 0.5) is 5.69 Å². The Kier molecular flexibility index (Phi) is 6.36. The van der Waals surface area contributed by atoms with Crippen molar-refractivity contribution in [1.29, 1.82) is 0 Å². The molecule has 1 aliphatic heterocycles. The number of nitrogens with one attached hydrogen (secondary N) is 1. The minimum atomic E-state index is -3.54. The van der Waals surface area contributed by atoms with Gasteiger partial charge < -0.3 is 10.1 Å². The zero-order chi connectivity index (χ0) is 20.1. The van der Waals surface area contributed by atoms with Gasteiger partial charge in [-0.25, -0.2) is 8.42 Å². The third-order valence-electron chi connectivity index (χ3n) is 4.98. The Labute approximate surface area is 166 Å². The molecule has 0 bridgehead atoms. The van der Waals surface area contributed by atoms with Crippen LogP contribution in [0.2, 0.25) is 0 Å². The van der Waals surface area contributed by atoms with Crippen LogP contribution in [0.25, 0.3) is 0 Å². The first-order valence-corrected chi connectivity index (χ1v) is 10.9. The second-order valence-electron chi connectivity index (χ2n) is 6.98. The zero-order valence-electron chi connectivity index (χ0n) is 16.3. The maximum Gasteiger partial charge on any atom is 0.243 e. The molecule has 1 aliphatic rings. The van der Waals surface area contributed by atoms with Crippen molar-refractivity contribution in [2.24, 2.45) is 0 Å². The van der Waals surface area contributed by atoms with Crippen LogP contribution in [0.15, 0.2) is 47.4 Å². The van der Waals surface area contributed by atoms with E-state index in [1.807, 2.05) is 25.1 Å². The first kappa shape index (κ1) is 20.4. The molecule has 28 heavy (non-hydrogen) atoms. The molecular weight excluding hydrogens is 376 g/mol. The lowest BCUT2D eigenvalue weighted by Crippen LogP contribution is -2.35. The molecular formula is C21H26N2O4S. The van der Waals surface area contributed by atoms with Crippen LogP contribution in [-0.2, 0) is 21.2 Å². The number of anilines is 1. The van der Waals surface area contributed by atoms with Crippen molar-refractivity contribution < 1.29 is 17.9 Å². The Morgan fingerprint density at radius 2 is 1.82 bits per heavy atom. The maximum atomic E-state index is 12.9. The smallest absolute Gasteiger partial charge is 0.243 e. The molecule has 6 nitrogen and oxygen atoms in total. The number of sulfonamides is 1. The summed E-state index contributed by atoms with van der Waals surface area (Å²) in [7, 11) is -1.98. The number of piperidine rings is 1. The third-order valence-corrected chi connectivity index (χ3v) is 6.87. The number of para-hydroxylation sites is 1. The molecule has 2 aromatic rings. The predicted octanol–water partition coefficient (Wildman–Crippen LogP) is 3.36. The van der Waals surface area contributed by atoms with Crippen molar-refractivity contribution >= 4 is 21.6 Å². The number of carbonyl (C=O) groups excluding carboxylic acids is 1. The molecule has 0 unspecified atom stereocenters. The van der Waals surface area contributed by atoms with E-state index >= 15 is 0 Å². The summed E-state index contributed by atoms with van der Waals surface area (Å²) in [4.78, 5) is 12.8. The molecule has 0 spiro atoms. The van der Waals surface area contributed by atoms with E-state index in [-0.39, 0.29) is 17.2 Å². The number of amides is 1. The highest BCUT2D eigenvalue weighted by Gasteiger charge is 2.26. The lowest BCUT2D eigenvalue weighted by molar-refractivity contribution is -0.115. The number of ether oxygens (including phenoxy) is 1. The van der Waals surface area contributed by atoms with Gasteiger partial charge in [-0.15, -0.1) is 0 Å². The minimum absolute atomic E-state index is 0.145. The van der Waals surface area contributed by atoms with Gasteiger partial charge in [0.1, 0.15) is 5.75 Å². The molecule has 2 aromatic carbocycles. The molecule has 1 saturated heterocycles. The monoisotopic (exact) mass is 402 g/mol. The van der Waals surface area contributed by atoms with Gasteiger partial charge >= 0.3 is 0 Å². The van der Waals surface area contributed by atoms with E-state index < -0.39 is 10.0 Å². The second kappa shape index (κ2) is 8.75. The molecule has 0 saturated carbocycles. The fraction of sp³-hybridized carbons (Fsp3) is 0.381. The number of rotatable bonds is 6. The highest BCUT2D eigenvalue weighted by molar-refractivity contribution is 7.89. The first-order chi connectivity index (χ1) is 13.4. The largest absolute Gasteiger partial charge is 0.496 e. The van der Waals surface area contributed by atoms with Gasteiger partial charge in [-0.3, -0.25) is 4.79 Å². The summed E-state index contributed by atoms with van der Waals surface area (Å²) in [6.07, 6.45) is 2.97. The summed E-state index contributed by atoms with van der Waals surface area (Å²) in [6.45, 7) is 2.94. The minimum Gasteiger partial charge on any atom is -0.496 e. The first-order valence-electron chi connectivity index (χ1n) is 9.44. The van der Waals surface area contributed by atoms with Crippen molar-refractivity contribution in [3.8, 4) is 5.75 Å². The van der Waals surface area contributed by atoms with Crippen LogP contribution in [0.3, 0.4) is 0 Å². The molecule has 1 heterocycles. The van der Waals surface area contributed by atoms with Gasteiger partial charge in [0.15, 0.2) is 0 Å². The van der Waals surface area contributed by atoms with Crippen molar-refractivity contribution in [1.82, 2.24) is 4.31 Å². The Morgan fingerprint density at radius 1 is 1.11 bits per heavy atom. The van der Waals surface area contributed by atoms with E-state index in [4.69, 9.17) is 4.74 Å². The normalized spacial score (nSPS) is 15.2. The summed E-state index contributed by atoms with van der Waals surface area (Å²) in [6, 6.07) is 12.2. The average Bonchev–Trinajstić information content (AvgIpc) is 2.70. The molecule has 1 fully saturated rings. The quantitative estimate of drug-likeness (QED) is 0.804. The summed E-state index contributed by atoms with van der Waals surface area (Å²) in [5, 5.41) is 2.85. The van der Waals surface area contributed by atoms with Crippen molar-refractivity contribution in [3.63, 3.8) is 0 Å². The van der Waals surface area contributed by atoms with E-state index in [2.05, 4.69) is 5.32 Å². The lowest BCUT2D eigenvalue weighted by Gasteiger charge is -2.26. The number of aryl methyl sites for hydroxylation is 1. The Balaban J connectivity index is 1.79. The summed E-state index contributed by atoms with van der Waals surface area (Å²) in [5.41, 5.74) is 2.10. The molecule has 3 rings (SSSR count). The summed E-state index contributed by atoms with van der Waals surface area (Å²) >= 11 is 0. The molecule has 0 aromatic heterocycles. The molecule has 1 amide bonds. The van der Waals surface area contributed by atoms with Crippen LogP contribution >= 0.6 is 0 Å². The fourth-order valence-corrected chi connectivity index (χ4v) is 4.91. The Bertz CT molecular complexity index is 951. The predicted molar refractivity (Wildman–Crippen MR) is 109 cm³/mol. The highest BCUT2D eigenvalue weighted by Crippen LogP contribution is 2.26. The Hall–Kier alpha value is -2.38. The van der Waals surface area contributed by atoms with E-state index in [1.165, 1.54) is 4.31 Å². The molecule has 0 aliphatic carbocycles. The van der Waals surface area contributed by atoms with Crippen LogP contribution in [0, 0.1) is 6.92 Å². The molecule has 1 N–H and O–H groups in total. The van der Waals surface area contributed by atoms with Gasteiger partial charge in [0, 0.05) is 24.3 Å². The van der Waals surface area contributed by atoms with Crippen molar-refractivity contribution in [2.75, 3.05) is 25.5 Å². The highest BCUT2D eigenvalue weighted by atomic mass is 32.2. The third kappa shape index (κ3) is 4.54. The average molecular weight is 403 g/mol. The molecule has 0 atom stereocenters. The van der Waals surface area contributed by atoms with E-state index in [0.717, 1.165) is 30.4 Å². The molecule has 7 heteroatoms. The van der Waals surface area contributed by atoms with Crippen LogP contribution in [0.1, 0.15) is 30.4 Å². The molecule has 150 valence electrons. The van der Waals surface area contributed by atoms with Crippen LogP contribution in [-0.4, -0.2) is 38.8 Å². The summed E-state index contributed by atoms with van der Waals surface area (Å²) in [5.74, 6) is 0.427. The van der Waals surface area contributed by atoms with Crippen LogP contribution in [0.5, 0.6) is 5.75 Å². The standard InChI is InChI=1S/C21H26N2O4S/c1-16-10-11-18(28(25,26)23-12-6-3-7-13-23)15-19(16)22-21(24)14-17-8-4-5-9-20(17)27-2/h4-5,8-11,15H,3,6-7,12-14H2,1-2H3,(H,22,24). The van der Waals surface area contributed by atoms with E-state index in [9.17, 15) is 13.2 Å². The van der Waals surface area contributed by atoms with Gasteiger partial charge in [0.05, 0.1) is 18.4 Å². The lowest BCUT2D eigenvalue weighted by atomic mass is 10.1. The Morgan fingerprint density at radius 3 is 2.54 bits per heavy atom. The van der Waals surface area contributed by atoms with E-state index in [0.29, 0.717) is 24.5 Å². The van der Waals surface area contributed by atoms with Gasteiger partial charge in [0.2, 0.25) is 15.9 Å². The van der Waals surface area contributed by atoms with Gasteiger partial charge in [-0.05, 0) is 43.5 Å². The topological polar surface area (TPSA) is 75.7 Å². The van der Waals surface area contributed by atoms with Gasteiger partial charge in [-0.2, -0.15) is 4.31 Å².